The monoisotopic (exact) mass is 307 g/mol. The van der Waals surface area contributed by atoms with Crippen molar-refractivity contribution < 1.29 is 0 Å². The number of H-pyrrole nitrogens is 1. The third kappa shape index (κ3) is 3.38. The molecule has 1 aliphatic carbocycles. The summed E-state index contributed by atoms with van der Waals surface area (Å²) in [5.74, 6) is 0.660. The molecule has 1 aromatic rings. The molecule has 21 heavy (non-hydrogen) atoms. The number of hydrogen-bond acceptors (Lipinski definition) is 3. The molecular weight excluding hydrogens is 278 g/mol. The summed E-state index contributed by atoms with van der Waals surface area (Å²) in [5.41, 5.74) is 1.83. The summed E-state index contributed by atoms with van der Waals surface area (Å²) in [5, 5.41) is 9.71. The van der Waals surface area contributed by atoms with Gasteiger partial charge in [0.25, 0.3) is 0 Å². The fraction of sp³-hybridized carbons (Fsp3) is 0.647. The van der Waals surface area contributed by atoms with Gasteiger partial charge in [0.15, 0.2) is 0 Å². The molecule has 2 heterocycles. The highest BCUT2D eigenvalue weighted by Gasteiger charge is 2.34. The highest BCUT2D eigenvalue weighted by Crippen LogP contribution is 2.30. The minimum Gasteiger partial charge on any atom is -0.361 e. The predicted molar refractivity (Wildman–Crippen MR) is 95.4 cm³/mol. The number of nitrogens with one attached hydrogen (secondary N) is 3. The zero-order chi connectivity index (χ0) is 15.3. The molecule has 118 valence electrons. The summed E-state index contributed by atoms with van der Waals surface area (Å²) in [6.45, 7) is 5.61. The van der Waals surface area contributed by atoms with Gasteiger partial charge in [0.1, 0.15) is 0 Å². The Balaban J connectivity index is 0.000000774. The first-order chi connectivity index (χ1) is 10.2. The van der Waals surface area contributed by atoms with E-state index in [0.717, 1.165) is 19.6 Å². The lowest BCUT2D eigenvalue weighted by Gasteiger charge is -2.37. The van der Waals surface area contributed by atoms with Crippen molar-refractivity contribution in [3.05, 3.63) is 22.3 Å². The molecule has 0 spiro atoms. The molecule has 3 rings (SSSR count). The van der Waals surface area contributed by atoms with Gasteiger partial charge in [0, 0.05) is 23.5 Å². The standard InChI is InChI=1S/C16H25N3.CH4S/c1-12-3-4-13-14(10-19-15(13)9-12)16(11-17-2)5-7-18-8-6-16;1-2/h4,9-10,12,17-19H,3,5-8,11H2,1-2H3;2H,1H3. The SMILES string of the molecule is CNCC1(c2c[nH]c3c2=CCC(C)C=3)CCNCC1.CS. The molecule has 3 nitrogen and oxygen atoms in total. The molecule has 0 bridgehead atoms. The van der Waals surface area contributed by atoms with Crippen molar-refractivity contribution in [2.75, 3.05) is 32.9 Å². The molecule has 1 fully saturated rings. The summed E-state index contributed by atoms with van der Waals surface area (Å²) in [4.78, 5) is 3.50. The number of piperidine rings is 1. The van der Waals surface area contributed by atoms with Crippen molar-refractivity contribution in [2.24, 2.45) is 5.92 Å². The van der Waals surface area contributed by atoms with Crippen LogP contribution in [-0.4, -0.2) is 37.9 Å². The molecule has 0 aromatic carbocycles. The summed E-state index contributed by atoms with van der Waals surface area (Å²) in [7, 11) is 2.07. The molecule has 1 aliphatic heterocycles. The smallest absolute Gasteiger partial charge is 0.0416 e. The number of aromatic nitrogens is 1. The molecule has 1 saturated heterocycles. The first-order valence-corrected chi connectivity index (χ1v) is 8.84. The van der Waals surface area contributed by atoms with Crippen LogP contribution in [0, 0.1) is 5.92 Å². The van der Waals surface area contributed by atoms with Gasteiger partial charge < -0.3 is 15.6 Å². The second-order valence-corrected chi connectivity index (χ2v) is 6.17. The molecule has 1 atom stereocenters. The predicted octanol–water partition coefficient (Wildman–Crippen LogP) is 1.00. The minimum atomic E-state index is 0.301. The van der Waals surface area contributed by atoms with Crippen LogP contribution in [-0.2, 0) is 5.41 Å². The number of rotatable bonds is 3. The number of hydrogen-bond donors (Lipinski definition) is 4. The van der Waals surface area contributed by atoms with Crippen molar-refractivity contribution in [1.29, 1.82) is 0 Å². The first-order valence-electron chi connectivity index (χ1n) is 7.95. The Bertz CT molecular complexity index is 550. The van der Waals surface area contributed by atoms with Gasteiger partial charge >= 0.3 is 0 Å². The van der Waals surface area contributed by atoms with E-state index in [9.17, 15) is 0 Å². The Hall–Kier alpha value is -0.710. The van der Waals surface area contributed by atoms with Crippen LogP contribution in [0.5, 0.6) is 0 Å². The van der Waals surface area contributed by atoms with Gasteiger partial charge in [-0.1, -0.05) is 19.1 Å². The van der Waals surface area contributed by atoms with Gasteiger partial charge in [0.05, 0.1) is 0 Å². The average Bonchev–Trinajstić information content (AvgIpc) is 2.94. The van der Waals surface area contributed by atoms with E-state index in [4.69, 9.17) is 0 Å². The van der Waals surface area contributed by atoms with Crippen molar-refractivity contribution in [1.82, 2.24) is 15.6 Å². The maximum absolute atomic E-state index is 3.53. The lowest BCUT2D eigenvalue weighted by molar-refractivity contribution is 0.299. The van der Waals surface area contributed by atoms with E-state index in [2.05, 4.69) is 60.6 Å². The largest absolute Gasteiger partial charge is 0.361 e. The fourth-order valence-corrected chi connectivity index (χ4v) is 3.69. The van der Waals surface area contributed by atoms with Crippen LogP contribution in [0.15, 0.2) is 6.20 Å². The second kappa shape index (κ2) is 7.52. The molecule has 4 heteroatoms. The van der Waals surface area contributed by atoms with Gasteiger partial charge in [-0.05, 0) is 62.4 Å². The molecule has 0 saturated carbocycles. The maximum Gasteiger partial charge on any atom is 0.0416 e. The topological polar surface area (TPSA) is 39.9 Å². The number of likely N-dealkylation sites (N-methyl/N-ethyl adjacent to an activating group) is 1. The second-order valence-electron chi connectivity index (χ2n) is 6.17. The van der Waals surface area contributed by atoms with E-state index in [1.165, 1.54) is 35.4 Å². The third-order valence-corrected chi connectivity index (χ3v) is 4.74. The molecule has 0 radical (unpaired) electrons. The Kier molecular flexibility index (Phi) is 5.97. The van der Waals surface area contributed by atoms with E-state index in [-0.39, 0.29) is 0 Å². The molecule has 1 aromatic heterocycles. The molecular formula is C17H29N3S. The highest BCUT2D eigenvalue weighted by molar-refractivity contribution is 7.79. The van der Waals surface area contributed by atoms with Crippen molar-refractivity contribution in [3.8, 4) is 0 Å². The van der Waals surface area contributed by atoms with Gasteiger partial charge in [-0.25, -0.2) is 0 Å². The quantitative estimate of drug-likeness (QED) is 0.629. The zero-order valence-corrected chi connectivity index (χ0v) is 14.4. The minimum absolute atomic E-state index is 0.301. The lowest BCUT2D eigenvalue weighted by Crippen LogP contribution is -2.48. The molecule has 0 amide bonds. The first kappa shape index (κ1) is 16.7. The van der Waals surface area contributed by atoms with E-state index in [1.54, 1.807) is 6.26 Å². The van der Waals surface area contributed by atoms with Crippen LogP contribution in [0.25, 0.3) is 12.2 Å². The zero-order valence-electron chi connectivity index (χ0n) is 13.5. The Labute approximate surface area is 133 Å². The maximum atomic E-state index is 3.53. The summed E-state index contributed by atoms with van der Waals surface area (Å²) >= 11 is 3.53. The van der Waals surface area contributed by atoms with Crippen LogP contribution in [0.3, 0.4) is 0 Å². The van der Waals surface area contributed by atoms with E-state index >= 15 is 0 Å². The number of fused-ring (bicyclic) bond motifs is 1. The normalized spacial score (nSPS) is 23.1. The fourth-order valence-electron chi connectivity index (χ4n) is 3.69. The molecule has 3 N–H and O–H groups in total. The van der Waals surface area contributed by atoms with Gasteiger partial charge in [-0.2, -0.15) is 12.6 Å². The van der Waals surface area contributed by atoms with E-state index in [0.29, 0.717) is 11.3 Å². The van der Waals surface area contributed by atoms with E-state index < -0.39 is 0 Å². The van der Waals surface area contributed by atoms with Crippen molar-refractivity contribution in [3.63, 3.8) is 0 Å². The van der Waals surface area contributed by atoms with Crippen molar-refractivity contribution in [2.45, 2.75) is 31.6 Å². The van der Waals surface area contributed by atoms with E-state index in [1.807, 2.05) is 0 Å². The lowest BCUT2D eigenvalue weighted by atomic mass is 9.73. The Morgan fingerprint density at radius 2 is 2.05 bits per heavy atom. The third-order valence-electron chi connectivity index (χ3n) is 4.74. The van der Waals surface area contributed by atoms with Gasteiger partial charge in [-0.3, -0.25) is 0 Å². The Morgan fingerprint density at radius 3 is 2.71 bits per heavy atom. The summed E-state index contributed by atoms with van der Waals surface area (Å²) < 4.78 is 0. The van der Waals surface area contributed by atoms with Crippen molar-refractivity contribution >= 4 is 24.8 Å². The molecule has 2 aliphatic rings. The van der Waals surface area contributed by atoms with Gasteiger partial charge in [-0.15, -0.1) is 0 Å². The molecule has 1 unspecified atom stereocenters. The summed E-state index contributed by atoms with van der Waals surface area (Å²) in [6, 6.07) is 0. The van der Waals surface area contributed by atoms with Gasteiger partial charge in [0.2, 0.25) is 0 Å². The number of thiol groups is 1. The number of aromatic amines is 1. The highest BCUT2D eigenvalue weighted by atomic mass is 32.1. The summed E-state index contributed by atoms with van der Waals surface area (Å²) in [6.07, 6.45) is 12.4. The van der Waals surface area contributed by atoms with Crippen LogP contribution in [0.2, 0.25) is 0 Å². The average molecular weight is 308 g/mol. The van der Waals surface area contributed by atoms with Crippen LogP contribution < -0.4 is 21.2 Å². The van der Waals surface area contributed by atoms with Crippen LogP contribution in [0.4, 0.5) is 0 Å². The van der Waals surface area contributed by atoms with Crippen LogP contribution >= 0.6 is 12.6 Å². The van der Waals surface area contributed by atoms with Crippen LogP contribution in [0.1, 0.15) is 31.7 Å². The Morgan fingerprint density at radius 1 is 1.33 bits per heavy atom.